The fraction of sp³-hybridized carbons (Fsp3) is 0.436. The summed E-state index contributed by atoms with van der Waals surface area (Å²) in [5, 5.41) is 0. The molecule has 4 aliphatic rings. The van der Waals surface area contributed by atoms with E-state index in [0.29, 0.717) is 0 Å². The average molecular weight is 696 g/mol. The van der Waals surface area contributed by atoms with Crippen LogP contribution < -0.4 is 0 Å². The van der Waals surface area contributed by atoms with E-state index >= 15 is 0 Å². The molecular weight excluding hydrogens is 641 g/mol. The molecule has 0 N–H and O–H groups in total. The summed E-state index contributed by atoms with van der Waals surface area (Å²) >= 11 is 0. The summed E-state index contributed by atoms with van der Waals surface area (Å²) in [6.07, 6.45) is 10.9. The molecule has 2 aliphatic heterocycles. The minimum atomic E-state index is -1.81. The van der Waals surface area contributed by atoms with Crippen molar-refractivity contribution >= 4 is 33.5 Å². The molecule has 0 aromatic heterocycles. The third-order valence-electron chi connectivity index (χ3n) is 10.4. The van der Waals surface area contributed by atoms with E-state index in [1.165, 1.54) is 27.7 Å². The third kappa shape index (κ3) is 7.96. The predicted octanol–water partition coefficient (Wildman–Crippen LogP) is 10.0. The Kier molecular flexibility index (Phi) is 12.2. The van der Waals surface area contributed by atoms with Crippen LogP contribution in [0.4, 0.5) is 0 Å². The first-order valence-electron chi connectivity index (χ1n) is 16.4. The molecule has 254 valence electrons. The number of rotatable bonds is 5. The number of benzene rings is 2. The van der Waals surface area contributed by atoms with E-state index in [-0.39, 0.29) is 29.7 Å². The van der Waals surface area contributed by atoms with E-state index in [9.17, 15) is 0 Å². The molecule has 2 heterocycles. The van der Waals surface area contributed by atoms with E-state index in [0.717, 1.165) is 12.0 Å². The van der Waals surface area contributed by atoms with Gasteiger partial charge < -0.3 is 26.0 Å². The van der Waals surface area contributed by atoms with Crippen molar-refractivity contribution in [2.24, 2.45) is 0 Å². The zero-order valence-electron chi connectivity index (χ0n) is 30.6. The molecule has 4 nitrogen and oxygen atoms in total. The molecule has 6 rings (SSSR count). The molecule has 2 fully saturated rings. The summed E-state index contributed by atoms with van der Waals surface area (Å²) in [5.74, 6) is 0. The van der Waals surface area contributed by atoms with Crippen LogP contribution in [0.15, 0.2) is 95.9 Å². The quantitative estimate of drug-likeness (QED) is 0.231. The first-order chi connectivity index (χ1) is 21.0. The molecule has 0 amide bonds. The molecule has 8 heteroatoms. The molecule has 2 saturated heterocycles. The van der Waals surface area contributed by atoms with Gasteiger partial charge in [-0.3, -0.25) is 0 Å². The van der Waals surface area contributed by atoms with Crippen molar-refractivity contribution in [1.82, 2.24) is 0 Å². The van der Waals surface area contributed by atoms with Crippen LogP contribution >= 0.6 is 0 Å². The fourth-order valence-corrected chi connectivity index (χ4v) is 8.35. The summed E-state index contributed by atoms with van der Waals surface area (Å²) in [7, 11) is -2.68. The van der Waals surface area contributed by atoms with Crippen LogP contribution in [0.25, 0.3) is 11.1 Å². The van der Waals surface area contributed by atoms with Crippen molar-refractivity contribution in [2.75, 3.05) is 0 Å². The summed E-state index contributed by atoms with van der Waals surface area (Å²) < 4.78 is 27.3. The number of hydrogen-bond acceptors (Lipinski definition) is 4. The van der Waals surface area contributed by atoms with Crippen LogP contribution in [0.2, 0.25) is 25.2 Å². The van der Waals surface area contributed by atoms with Crippen molar-refractivity contribution in [3.8, 4) is 0 Å². The van der Waals surface area contributed by atoms with Gasteiger partial charge in [0.2, 0.25) is 0 Å². The number of allylic oxidation sites excluding steroid dienone is 8. The van der Waals surface area contributed by atoms with E-state index in [1.54, 1.807) is 0 Å². The maximum atomic E-state index is 6.85. The first kappa shape index (κ1) is 39.5. The Bertz CT molecular complexity index is 1460. The average Bonchev–Trinajstić information content (AvgIpc) is 3.66. The van der Waals surface area contributed by atoms with Crippen LogP contribution in [-0.4, -0.2) is 44.7 Å². The molecule has 2 aromatic rings. The minimum Gasteiger partial charge on any atom is -0.400 e. The molecule has 2 aromatic carbocycles. The van der Waals surface area contributed by atoms with Crippen molar-refractivity contribution < 1.29 is 35.4 Å². The summed E-state index contributed by atoms with van der Waals surface area (Å²) in [6.45, 7) is 24.5. The van der Waals surface area contributed by atoms with Gasteiger partial charge in [0.25, 0.3) is 0 Å². The van der Waals surface area contributed by atoms with Crippen LogP contribution in [0.1, 0.15) is 72.9 Å². The van der Waals surface area contributed by atoms with E-state index in [2.05, 4.69) is 136 Å². The minimum absolute atomic E-state index is 0. The Morgan fingerprint density at radius 3 is 1.32 bits per heavy atom. The van der Waals surface area contributed by atoms with Gasteiger partial charge in [-0.1, -0.05) is 105 Å². The van der Waals surface area contributed by atoms with Gasteiger partial charge in [-0.15, -0.1) is 0 Å². The van der Waals surface area contributed by atoms with Crippen LogP contribution in [0.3, 0.4) is 0 Å². The van der Waals surface area contributed by atoms with E-state index in [1.807, 2.05) is 30.7 Å². The summed E-state index contributed by atoms with van der Waals surface area (Å²) in [4.78, 5) is 0. The van der Waals surface area contributed by atoms with Gasteiger partial charge in [-0.2, -0.15) is 0 Å². The molecular formula is C39H54B2CoO4Si-. The molecule has 0 spiro atoms. The smallest absolute Gasteiger partial charge is 0.400 e. The summed E-state index contributed by atoms with van der Waals surface area (Å²) in [6, 6.07) is 21.5. The Labute approximate surface area is 298 Å². The van der Waals surface area contributed by atoms with Crippen molar-refractivity contribution in [1.29, 1.82) is 0 Å². The topological polar surface area (TPSA) is 36.9 Å². The second-order valence-corrected chi connectivity index (χ2v) is 21.2. The Morgan fingerprint density at radius 1 is 0.574 bits per heavy atom. The largest absolute Gasteiger partial charge is 0.491 e. The second-order valence-electron chi connectivity index (χ2n) is 15.7. The molecule has 47 heavy (non-hydrogen) atoms. The van der Waals surface area contributed by atoms with Crippen LogP contribution in [-0.2, 0) is 35.4 Å². The van der Waals surface area contributed by atoms with Gasteiger partial charge in [0, 0.05) is 23.2 Å². The zero-order valence-corrected chi connectivity index (χ0v) is 32.6. The molecule has 0 saturated carbocycles. The summed E-state index contributed by atoms with van der Waals surface area (Å²) in [5.41, 5.74) is 5.76. The van der Waals surface area contributed by atoms with Crippen LogP contribution in [0, 0.1) is 13.8 Å². The fourth-order valence-electron chi connectivity index (χ4n) is 6.31. The van der Waals surface area contributed by atoms with Gasteiger partial charge in [-0.25, -0.2) is 0 Å². The molecule has 1 atom stereocenters. The van der Waals surface area contributed by atoms with Crippen LogP contribution in [0.5, 0.6) is 0 Å². The van der Waals surface area contributed by atoms with Crippen molar-refractivity contribution in [3.05, 3.63) is 121 Å². The molecule has 0 unspecified atom stereocenters. The first-order valence-corrected chi connectivity index (χ1v) is 20.0. The van der Waals surface area contributed by atoms with E-state index < -0.39 is 44.7 Å². The maximum Gasteiger partial charge on any atom is 0.491 e. The maximum absolute atomic E-state index is 6.85. The van der Waals surface area contributed by atoms with Gasteiger partial charge in [0.15, 0.2) is 0 Å². The Morgan fingerprint density at radius 2 is 0.957 bits per heavy atom. The Balaban J connectivity index is 0.000000785. The Hall–Kier alpha value is -1.91. The normalized spacial score (nSPS) is 23.7. The predicted molar refractivity (Wildman–Crippen MR) is 200 cm³/mol. The van der Waals surface area contributed by atoms with Gasteiger partial charge in [-0.05, 0) is 101 Å². The van der Waals surface area contributed by atoms with Crippen molar-refractivity contribution in [3.63, 3.8) is 0 Å². The van der Waals surface area contributed by atoms with Gasteiger partial charge in [0.1, 0.15) is 0 Å². The zero-order chi connectivity index (χ0) is 32.8. The van der Waals surface area contributed by atoms with Crippen molar-refractivity contribution in [2.45, 2.75) is 109 Å². The third-order valence-corrected chi connectivity index (χ3v) is 13.0. The van der Waals surface area contributed by atoms with Gasteiger partial charge >= 0.3 is 14.2 Å². The molecule has 2 radical (unpaired) electrons. The standard InChI is InChI=1S/C33H46B2O4Si.C5H5.CH3.Co/c1-30(2)31(3,4)37-34(36-30)25-22-26(40(9,10)11)29(35-38-32(5,6)33(7,8)39-35)28(24-20-16-13-17-21-24)27(25)23-18-14-12-15-19-23;1-2-4-5-3-1;;/h12-21,26H,22H2,1-11H3;1-5H;1H3;/q;;-1;/t26-;;;/m0.../s1. The SMILES string of the molecule is CC1(C)OB(C2=C(c3ccccc3)C(c3ccccc3)=C(B3OC(C)(C)C(C)(C)O3)[C@@H]([Si](C)(C)C)C2)OC1(C)C.[CH3-].[CH]1C=CC=C1.[Co]. The molecule has 2 aliphatic carbocycles. The van der Waals surface area contributed by atoms with E-state index in [4.69, 9.17) is 18.6 Å². The number of hydrogen-bond donors (Lipinski definition) is 0. The van der Waals surface area contributed by atoms with Gasteiger partial charge in [0.05, 0.1) is 30.5 Å². The monoisotopic (exact) mass is 695 g/mol. The molecule has 0 bridgehead atoms. The second kappa shape index (κ2) is 14.5.